The number of carbonyl (C=O) groups excluding carboxylic acids is 1. The summed E-state index contributed by atoms with van der Waals surface area (Å²) in [6.07, 6.45) is 21.2. The van der Waals surface area contributed by atoms with Gasteiger partial charge in [0.05, 0.1) is 18.3 Å². The number of rotatable bonds is 9. The number of hydrogen-bond donors (Lipinski definition) is 3. The Morgan fingerprint density at radius 3 is 1.94 bits per heavy atom. The zero-order valence-electron chi connectivity index (χ0n) is 22.3. The number of hydrogen-bond acceptors (Lipinski definition) is 4. The molecule has 0 aromatic heterocycles. The fourth-order valence-electron chi connectivity index (χ4n) is 4.03. The van der Waals surface area contributed by atoms with Crippen molar-refractivity contribution in [3.8, 4) is 0 Å². The van der Waals surface area contributed by atoms with E-state index in [0.717, 1.165) is 22.3 Å². The number of aliphatic hydroxyl groups is 3. The first-order valence-corrected chi connectivity index (χ1v) is 12.0. The molecule has 0 bridgehead atoms. The Bertz CT molecular complexity index is 1010. The van der Waals surface area contributed by atoms with E-state index in [1.165, 1.54) is 0 Å². The Kier molecular flexibility index (Phi) is 12.1. The van der Waals surface area contributed by atoms with Crippen molar-refractivity contribution >= 4 is 5.78 Å². The lowest BCUT2D eigenvalue weighted by Gasteiger charge is -2.43. The Labute approximate surface area is 211 Å². The molecule has 190 valence electrons. The van der Waals surface area contributed by atoms with E-state index in [-0.39, 0.29) is 24.2 Å². The molecule has 0 heterocycles. The van der Waals surface area contributed by atoms with Gasteiger partial charge in [-0.1, -0.05) is 85.8 Å². The number of Topliss-reactive ketones (excluding diaryl/α,β-unsaturated/α-hetero) is 1. The van der Waals surface area contributed by atoms with Gasteiger partial charge >= 0.3 is 0 Å². The minimum absolute atomic E-state index is 0.0703. The largest absolute Gasteiger partial charge is 0.393 e. The van der Waals surface area contributed by atoms with Crippen LogP contribution in [0.4, 0.5) is 0 Å². The lowest BCUT2D eigenvalue weighted by atomic mass is 9.65. The molecule has 3 N–H and O–H groups in total. The van der Waals surface area contributed by atoms with Crippen molar-refractivity contribution in [2.45, 2.75) is 73.0 Å². The number of carbonyl (C=O) groups is 1. The summed E-state index contributed by atoms with van der Waals surface area (Å²) in [5, 5.41) is 30.6. The van der Waals surface area contributed by atoms with Crippen molar-refractivity contribution in [3.05, 3.63) is 100 Å². The van der Waals surface area contributed by atoms with Crippen LogP contribution in [0.3, 0.4) is 0 Å². The quantitative estimate of drug-likeness (QED) is 0.215. The molecule has 0 spiro atoms. The Hall–Kier alpha value is -2.75. The van der Waals surface area contributed by atoms with Crippen LogP contribution >= 0.6 is 0 Å². The molecular weight excluding hydrogens is 436 g/mol. The first-order valence-electron chi connectivity index (χ1n) is 12.0. The van der Waals surface area contributed by atoms with Crippen LogP contribution < -0.4 is 0 Å². The summed E-state index contributed by atoms with van der Waals surface area (Å²) in [6.45, 7) is 12.9. The van der Waals surface area contributed by atoms with Crippen LogP contribution in [0.25, 0.3) is 0 Å². The van der Waals surface area contributed by atoms with Gasteiger partial charge in [-0.05, 0) is 63.7 Å². The van der Waals surface area contributed by atoms with E-state index >= 15 is 0 Å². The van der Waals surface area contributed by atoms with Gasteiger partial charge in [-0.3, -0.25) is 4.79 Å². The maximum atomic E-state index is 11.2. The van der Waals surface area contributed by atoms with Crippen LogP contribution in [-0.4, -0.2) is 39.4 Å². The van der Waals surface area contributed by atoms with Gasteiger partial charge in [-0.15, -0.1) is 5.73 Å². The predicted octanol–water partition coefficient (Wildman–Crippen LogP) is 6.02. The lowest BCUT2D eigenvalue weighted by Crippen LogP contribution is -2.45. The minimum Gasteiger partial charge on any atom is -0.393 e. The van der Waals surface area contributed by atoms with Gasteiger partial charge in [-0.2, -0.15) is 0 Å². The lowest BCUT2D eigenvalue weighted by molar-refractivity contribution is -0.113. The third kappa shape index (κ3) is 11.0. The van der Waals surface area contributed by atoms with Gasteiger partial charge in [0.15, 0.2) is 5.78 Å². The van der Waals surface area contributed by atoms with E-state index < -0.39 is 11.7 Å². The second kappa shape index (κ2) is 14.0. The summed E-state index contributed by atoms with van der Waals surface area (Å²) in [4.78, 5) is 11.2. The van der Waals surface area contributed by atoms with Gasteiger partial charge in [0.1, 0.15) is 0 Å². The maximum Gasteiger partial charge on any atom is 0.155 e. The highest BCUT2D eigenvalue weighted by atomic mass is 16.3. The predicted molar refractivity (Wildman–Crippen MR) is 146 cm³/mol. The molecule has 4 nitrogen and oxygen atoms in total. The molecular formula is C31H42O4. The molecule has 1 aliphatic carbocycles. The summed E-state index contributed by atoms with van der Waals surface area (Å²) >= 11 is 0. The number of aliphatic hydroxyl groups excluding tert-OH is 2. The minimum atomic E-state index is -1.13. The number of allylic oxidation sites excluding steroid dienone is 13. The van der Waals surface area contributed by atoms with Gasteiger partial charge in [-0.25, -0.2) is 0 Å². The van der Waals surface area contributed by atoms with E-state index in [2.05, 4.69) is 5.73 Å². The normalized spacial score (nSPS) is 24.5. The van der Waals surface area contributed by atoms with Crippen molar-refractivity contribution in [3.63, 3.8) is 0 Å². The fourth-order valence-corrected chi connectivity index (χ4v) is 4.03. The number of ketones is 1. The average molecular weight is 479 g/mol. The first kappa shape index (κ1) is 30.3. The molecule has 0 aliphatic heterocycles. The third-order valence-electron chi connectivity index (χ3n) is 5.94. The average Bonchev–Trinajstić information content (AvgIpc) is 2.73. The second-order valence-corrected chi connectivity index (χ2v) is 10.1. The van der Waals surface area contributed by atoms with Crippen LogP contribution in [-0.2, 0) is 4.79 Å². The van der Waals surface area contributed by atoms with Gasteiger partial charge in [0.2, 0.25) is 0 Å². The van der Waals surface area contributed by atoms with Gasteiger partial charge < -0.3 is 15.3 Å². The van der Waals surface area contributed by atoms with Gasteiger partial charge in [0.25, 0.3) is 0 Å². The summed E-state index contributed by atoms with van der Waals surface area (Å²) < 4.78 is 0. The Morgan fingerprint density at radius 2 is 1.46 bits per heavy atom. The summed E-state index contributed by atoms with van der Waals surface area (Å²) in [5.74, 6) is 0.0703. The second-order valence-electron chi connectivity index (χ2n) is 10.1. The van der Waals surface area contributed by atoms with E-state index in [0.29, 0.717) is 12.0 Å². The van der Waals surface area contributed by atoms with E-state index in [9.17, 15) is 20.1 Å². The Balaban J connectivity index is 2.87. The van der Waals surface area contributed by atoms with Crippen LogP contribution in [0, 0.1) is 5.41 Å². The molecule has 0 aromatic rings. The topological polar surface area (TPSA) is 77.8 Å². The molecule has 1 fully saturated rings. The Morgan fingerprint density at radius 1 is 0.914 bits per heavy atom. The molecule has 1 rings (SSSR count). The summed E-state index contributed by atoms with van der Waals surface area (Å²) in [5.41, 5.74) is 5.94. The van der Waals surface area contributed by atoms with Crippen molar-refractivity contribution in [1.82, 2.24) is 0 Å². The zero-order valence-corrected chi connectivity index (χ0v) is 22.3. The van der Waals surface area contributed by atoms with Crippen LogP contribution in [0.5, 0.6) is 0 Å². The van der Waals surface area contributed by atoms with Gasteiger partial charge in [0, 0.05) is 12.0 Å². The van der Waals surface area contributed by atoms with E-state index in [4.69, 9.17) is 0 Å². The molecule has 35 heavy (non-hydrogen) atoms. The molecule has 0 aromatic carbocycles. The molecule has 0 amide bonds. The molecule has 0 radical (unpaired) electrons. The highest BCUT2D eigenvalue weighted by molar-refractivity contribution is 5.92. The smallest absolute Gasteiger partial charge is 0.155 e. The SMILES string of the molecule is CC(=O)/C(C)=C/C=C/C(C)=C/C=C/C=C(C)/C=C/C=C(/C=C=C1C(C)(C)C[C@H](O)C[C@@]1(C)O)CO. The van der Waals surface area contributed by atoms with Crippen molar-refractivity contribution in [1.29, 1.82) is 0 Å². The maximum absolute atomic E-state index is 11.2. The van der Waals surface area contributed by atoms with E-state index in [1.54, 1.807) is 32.9 Å². The van der Waals surface area contributed by atoms with Crippen molar-refractivity contribution in [2.24, 2.45) is 5.41 Å². The standard InChI is InChI=1S/C31H42O4/c1-23(14-10-16-25(3)26(4)33)12-8-9-13-24(2)15-11-17-27(22-32)18-19-29-30(5,6)20-28(34)21-31(29,7)35/h8-18,28,32,34-35H,20-22H2,1-7H3/b9-8+,14-10+,15-11+,23-12+,24-13+,25-16+,27-17-/t19?,28-,31+/m0/s1. The molecule has 2 atom stereocenters. The molecule has 0 unspecified atom stereocenters. The van der Waals surface area contributed by atoms with Crippen molar-refractivity contribution < 1.29 is 20.1 Å². The van der Waals surface area contributed by atoms with Crippen molar-refractivity contribution in [2.75, 3.05) is 6.61 Å². The summed E-state index contributed by atoms with van der Waals surface area (Å²) in [7, 11) is 0. The molecule has 1 saturated carbocycles. The van der Waals surface area contributed by atoms with E-state index in [1.807, 2.05) is 82.4 Å². The fraction of sp³-hybridized carbons (Fsp3) is 0.419. The monoisotopic (exact) mass is 478 g/mol. The molecule has 4 heteroatoms. The summed E-state index contributed by atoms with van der Waals surface area (Å²) in [6, 6.07) is 0. The molecule has 0 saturated heterocycles. The first-order chi connectivity index (χ1) is 16.3. The zero-order chi connectivity index (χ0) is 26.6. The molecule has 1 aliphatic rings. The third-order valence-corrected chi connectivity index (χ3v) is 5.94. The van der Waals surface area contributed by atoms with Crippen LogP contribution in [0.2, 0.25) is 0 Å². The highest BCUT2D eigenvalue weighted by Gasteiger charge is 2.44. The highest BCUT2D eigenvalue weighted by Crippen LogP contribution is 2.45. The van der Waals surface area contributed by atoms with Crippen LogP contribution in [0.15, 0.2) is 100 Å². The van der Waals surface area contributed by atoms with Crippen LogP contribution in [0.1, 0.15) is 61.3 Å².